The Kier molecular flexibility index (Phi) is 4.48. The summed E-state index contributed by atoms with van der Waals surface area (Å²) < 4.78 is 13.5. The first kappa shape index (κ1) is 12.5. The molecule has 0 radical (unpaired) electrons. The van der Waals surface area contributed by atoms with Crippen LogP contribution in [0, 0.1) is 0 Å². The van der Waals surface area contributed by atoms with Gasteiger partial charge in [0, 0.05) is 0 Å². The molecule has 0 aliphatic heterocycles. The fourth-order valence-corrected chi connectivity index (χ4v) is 0.784. The minimum atomic E-state index is -5.21. The maximum absolute atomic E-state index is 10.2. The Hall–Kier alpha value is -0.500. The van der Waals surface area contributed by atoms with Crippen molar-refractivity contribution in [2.24, 2.45) is 5.73 Å². The molecule has 4 N–H and O–H groups in total. The molecule has 0 aromatic heterocycles. The number of phosphoric acid groups is 1. The Morgan fingerprint density at radius 3 is 2.31 bits per heavy atom. The van der Waals surface area contributed by atoms with Gasteiger partial charge in [-0.2, -0.15) is 0 Å². The molecule has 0 aliphatic carbocycles. The molecule has 78 valence electrons. The van der Waals surface area contributed by atoms with E-state index in [1.54, 1.807) is 0 Å². The number of aliphatic hydroxyl groups is 2. The topological polar surface area (TPSA) is 156 Å². The van der Waals surface area contributed by atoms with E-state index in [4.69, 9.17) is 10.2 Å². The van der Waals surface area contributed by atoms with E-state index in [2.05, 4.69) is 10.3 Å². The number of rotatable bonds is 5. The normalized spacial score (nSPS) is 16.6. The van der Waals surface area contributed by atoms with Gasteiger partial charge >= 0.3 is 0 Å². The van der Waals surface area contributed by atoms with Crippen LogP contribution in [0.5, 0.6) is 0 Å². The number of hydrogen-bond acceptors (Lipinski definition) is 7. The maximum atomic E-state index is 10.2. The first-order valence-electron chi connectivity index (χ1n) is 3.06. The minimum absolute atomic E-state index is 1.01. The molecule has 0 unspecified atom stereocenters. The number of carbonyl (C=O) groups excluding carboxylic acids is 1. The zero-order valence-corrected chi connectivity index (χ0v) is 7.22. The Morgan fingerprint density at radius 2 is 2.00 bits per heavy atom. The summed E-state index contributed by atoms with van der Waals surface area (Å²) in [5.74, 6) is -1.25. The summed E-state index contributed by atoms with van der Waals surface area (Å²) in [7, 11) is -5.21. The van der Waals surface area contributed by atoms with Crippen LogP contribution in [0.4, 0.5) is 0 Å². The highest BCUT2D eigenvalue weighted by Gasteiger charge is 2.21. The van der Waals surface area contributed by atoms with E-state index in [0.29, 0.717) is 0 Å². The van der Waals surface area contributed by atoms with Gasteiger partial charge in [-0.1, -0.05) is 0 Å². The van der Waals surface area contributed by atoms with Gasteiger partial charge in [-0.05, 0) is 0 Å². The third kappa shape index (κ3) is 5.69. The van der Waals surface area contributed by atoms with Gasteiger partial charge in [-0.25, -0.2) is 0 Å². The van der Waals surface area contributed by atoms with Crippen molar-refractivity contribution in [3.63, 3.8) is 0 Å². The summed E-state index contributed by atoms with van der Waals surface area (Å²) in [6.07, 6.45) is -3.81. The first-order chi connectivity index (χ1) is 5.74. The number of nitrogens with two attached hydrogens (primary N) is 1. The monoisotopic (exact) mass is 213 g/mol. The molecule has 0 saturated carbocycles. The van der Waals surface area contributed by atoms with Gasteiger partial charge in [0.25, 0.3) is 0 Å². The average Bonchev–Trinajstić information content (AvgIpc) is 1.97. The first-order valence-corrected chi connectivity index (χ1v) is 4.52. The van der Waals surface area contributed by atoms with Crippen LogP contribution < -0.4 is 15.5 Å². The highest BCUT2D eigenvalue weighted by molar-refractivity contribution is 7.43. The number of phosphoric ester groups is 1. The van der Waals surface area contributed by atoms with E-state index in [1.165, 1.54) is 0 Å². The van der Waals surface area contributed by atoms with Crippen LogP contribution >= 0.6 is 7.82 Å². The predicted octanol–water partition coefficient (Wildman–Crippen LogP) is -3.96. The third-order valence-corrected chi connectivity index (χ3v) is 1.52. The molecule has 2 atom stereocenters. The molecule has 0 spiro atoms. The summed E-state index contributed by atoms with van der Waals surface area (Å²) in [5, 5.41) is 17.5. The molecular weight excluding hydrogens is 205 g/mol. The quantitative estimate of drug-likeness (QED) is 0.393. The summed E-state index contributed by atoms with van der Waals surface area (Å²) >= 11 is 0. The maximum Gasteiger partial charge on any atom is 0.249 e. The largest absolute Gasteiger partial charge is 0.790 e. The van der Waals surface area contributed by atoms with E-state index in [9.17, 15) is 19.1 Å². The second-order valence-electron chi connectivity index (χ2n) is 2.16. The molecular formula is C4H8NO7P-2. The lowest BCUT2D eigenvalue weighted by Crippen LogP contribution is -2.41. The van der Waals surface area contributed by atoms with Gasteiger partial charge in [-0.15, -0.1) is 0 Å². The zero-order chi connectivity index (χ0) is 10.6. The molecule has 0 fully saturated rings. The number of aliphatic hydroxyl groups excluding tert-OH is 2. The van der Waals surface area contributed by atoms with Gasteiger partial charge in [0.2, 0.25) is 5.91 Å². The fraction of sp³-hybridized carbons (Fsp3) is 0.750. The molecule has 0 rings (SSSR count). The molecule has 0 heterocycles. The molecule has 13 heavy (non-hydrogen) atoms. The molecule has 0 aromatic rings. The van der Waals surface area contributed by atoms with Gasteiger partial charge in [0.15, 0.2) is 6.10 Å². The second kappa shape index (κ2) is 4.66. The number of hydrogen-bond donors (Lipinski definition) is 3. The van der Waals surface area contributed by atoms with Crippen molar-refractivity contribution in [2.45, 2.75) is 12.2 Å². The predicted molar refractivity (Wildman–Crippen MR) is 34.8 cm³/mol. The molecule has 0 saturated heterocycles. The zero-order valence-electron chi connectivity index (χ0n) is 6.32. The molecule has 1 amide bonds. The van der Waals surface area contributed by atoms with Gasteiger partial charge in [0.05, 0.1) is 14.4 Å². The van der Waals surface area contributed by atoms with Crippen LogP contribution in [-0.2, 0) is 13.9 Å². The van der Waals surface area contributed by atoms with Gasteiger partial charge < -0.3 is 34.8 Å². The summed E-state index contributed by atoms with van der Waals surface area (Å²) in [4.78, 5) is 29.9. The summed E-state index contributed by atoms with van der Waals surface area (Å²) in [5.41, 5.74) is 4.55. The molecule has 0 bridgehead atoms. The number of amides is 1. The number of carbonyl (C=O) groups is 1. The SMILES string of the molecule is NC(=O)[C@@H](O)[C@H](O)COP(=O)([O-])[O-]. The molecule has 9 heteroatoms. The van der Waals surface area contributed by atoms with E-state index in [-0.39, 0.29) is 0 Å². The lowest BCUT2D eigenvalue weighted by atomic mass is 10.2. The van der Waals surface area contributed by atoms with Crippen molar-refractivity contribution in [3.05, 3.63) is 0 Å². The molecule has 8 nitrogen and oxygen atoms in total. The van der Waals surface area contributed by atoms with E-state index < -0.39 is 32.5 Å². The lowest BCUT2D eigenvalue weighted by Gasteiger charge is -2.30. The van der Waals surface area contributed by atoms with E-state index in [0.717, 1.165) is 0 Å². The van der Waals surface area contributed by atoms with Crippen LogP contribution in [-0.4, -0.2) is 34.9 Å². The van der Waals surface area contributed by atoms with Crippen molar-refractivity contribution in [1.82, 2.24) is 0 Å². The van der Waals surface area contributed by atoms with Crippen molar-refractivity contribution < 1.29 is 33.9 Å². The average molecular weight is 213 g/mol. The lowest BCUT2D eigenvalue weighted by molar-refractivity contribution is -0.343. The standard InChI is InChI=1S/C4H10NO7P/c5-4(8)3(7)2(6)1-12-13(9,10)11/h2-3,6-7H,1H2,(H2,5,8)(H2,9,10,11)/p-2/t2-,3+/m1/s1. The fourth-order valence-electron chi connectivity index (χ4n) is 0.448. The third-order valence-electron chi connectivity index (χ3n) is 1.06. The summed E-state index contributed by atoms with van der Waals surface area (Å²) in [6, 6.07) is 0. The minimum Gasteiger partial charge on any atom is -0.790 e. The van der Waals surface area contributed by atoms with Crippen LogP contribution in [0.2, 0.25) is 0 Å². The Bertz CT molecular complexity index is 225. The van der Waals surface area contributed by atoms with Crippen LogP contribution in [0.1, 0.15) is 0 Å². The van der Waals surface area contributed by atoms with Crippen molar-refractivity contribution in [3.8, 4) is 0 Å². The Balaban J connectivity index is 3.95. The van der Waals surface area contributed by atoms with E-state index >= 15 is 0 Å². The second-order valence-corrected chi connectivity index (χ2v) is 3.31. The van der Waals surface area contributed by atoms with Gasteiger partial charge in [-0.3, -0.25) is 4.79 Å². The van der Waals surface area contributed by atoms with Crippen LogP contribution in [0.3, 0.4) is 0 Å². The highest BCUT2D eigenvalue weighted by atomic mass is 31.2. The van der Waals surface area contributed by atoms with Crippen LogP contribution in [0.15, 0.2) is 0 Å². The smallest absolute Gasteiger partial charge is 0.249 e. The van der Waals surface area contributed by atoms with Gasteiger partial charge in [0.1, 0.15) is 6.10 Å². The van der Waals surface area contributed by atoms with Crippen LogP contribution in [0.25, 0.3) is 0 Å². The molecule has 0 aromatic carbocycles. The summed E-state index contributed by atoms with van der Waals surface area (Å²) in [6.45, 7) is -1.01. The Labute approximate surface area is 73.2 Å². The highest BCUT2D eigenvalue weighted by Crippen LogP contribution is 2.24. The Morgan fingerprint density at radius 1 is 1.54 bits per heavy atom. The van der Waals surface area contributed by atoms with E-state index in [1.807, 2.05) is 0 Å². The van der Waals surface area contributed by atoms with Crippen molar-refractivity contribution in [1.29, 1.82) is 0 Å². The van der Waals surface area contributed by atoms with Crippen molar-refractivity contribution >= 4 is 13.7 Å². The van der Waals surface area contributed by atoms with Crippen molar-refractivity contribution in [2.75, 3.05) is 6.61 Å². The molecule has 0 aliphatic rings. The number of primary amides is 1.